The molecule has 0 N–H and O–H groups in total. The number of thiophene rings is 1. The molecule has 114 valence electrons. The van der Waals surface area contributed by atoms with E-state index >= 15 is 0 Å². The lowest BCUT2D eigenvalue weighted by Crippen LogP contribution is -2.32. The maximum absolute atomic E-state index is 12.6. The zero-order valence-corrected chi connectivity index (χ0v) is 14.3. The number of carbonyl (C=O) groups excluding carboxylic acids is 1. The number of thiazole rings is 1. The van der Waals surface area contributed by atoms with E-state index in [4.69, 9.17) is 0 Å². The van der Waals surface area contributed by atoms with Crippen molar-refractivity contribution in [1.82, 2.24) is 9.88 Å². The fourth-order valence-corrected chi connectivity index (χ4v) is 3.74. The van der Waals surface area contributed by atoms with E-state index in [2.05, 4.69) is 18.8 Å². The SMILES string of the molecule is CCCCN(CCCC)C(=O)c1cnc(-c2cccs2)s1. The Morgan fingerprint density at radius 3 is 2.52 bits per heavy atom. The molecule has 3 nitrogen and oxygen atoms in total. The Hall–Kier alpha value is -1.20. The first-order chi connectivity index (χ1) is 10.3. The molecule has 1 amide bonds. The molecule has 0 bridgehead atoms. The summed E-state index contributed by atoms with van der Waals surface area (Å²) in [5, 5.41) is 2.98. The van der Waals surface area contributed by atoms with Gasteiger partial charge in [0.25, 0.3) is 5.91 Å². The lowest BCUT2D eigenvalue weighted by molar-refractivity contribution is 0.0755. The van der Waals surface area contributed by atoms with Crippen LogP contribution in [0.25, 0.3) is 9.88 Å². The summed E-state index contributed by atoms with van der Waals surface area (Å²) in [5.74, 6) is 0.136. The molecule has 5 heteroatoms. The predicted octanol–water partition coefficient (Wildman–Crippen LogP) is 4.91. The summed E-state index contributed by atoms with van der Waals surface area (Å²) >= 11 is 3.16. The Labute approximate surface area is 134 Å². The minimum atomic E-state index is 0.136. The first-order valence-corrected chi connectivity index (χ1v) is 9.24. The third-order valence-electron chi connectivity index (χ3n) is 3.30. The topological polar surface area (TPSA) is 33.2 Å². The van der Waals surface area contributed by atoms with Gasteiger partial charge >= 0.3 is 0 Å². The standard InChI is InChI=1S/C16H22N2OS2/c1-3-5-9-18(10-6-4-2)16(19)14-12-17-15(21-14)13-8-7-11-20-13/h7-8,11-12H,3-6,9-10H2,1-2H3. The molecule has 2 heterocycles. The molecule has 0 aliphatic heterocycles. The van der Waals surface area contributed by atoms with Crippen molar-refractivity contribution >= 4 is 28.6 Å². The first-order valence-electron chi connectivity index (χ1n) is 7.55. The van der Waals surface area contributed by atoms with Crippen molar-refractivity contribution in [2.75, 3.05) is 13.1 Å². The Morgan fingerprint density at radius 2 is 1.95 bits per heavy atom. The van der Waals surface area contributed by atoms with Crippen molar-refractivity contribution in [2.24, 2.45) is 0 Å². The molecule has 0 radical (unpaired) electrons. The van der Waals surface area contributed by atoms with Crippen LogP contribution in [0.1, 0.15) is 49.2 Å². The van der Waals surface area contributed by atoms with Crippen molar-refractivity contribution in [3.63, 3.8) is 0 Å². The summed E-state index contributed by atoms with van der Waals surface area (Å²) < 4.78 is 0. The molecule has 0 saturated heterocycles. The van der Waals surface area contributed by atoms with Gasteiger partial charge in [-0.2, -0.15) is 0 Å². The van der Waals surface area contributed by atoms with Crippen molar-refractivity contribution in [1.29, 1.82) is 0 Å². The normalized spacial score (nSPS) is 10.8. The number of aromatic nitrogens is 1. The predicted molar refractivity (Wildman–Crippen MR) is 91.1 cm³/mol. The monoisotopic (exact) mass is 322 g/mol. The van der Waals surface area contributed by atoms with E-state index in [0.29, 0.717) is 0 Å². The van der Waals surface area contributed by atoms with E-state index in [1.165, 1.54) is 11.3 Å². The van der Waals surface area contributed by atoms with E-state index in [-0.39, 0.29) is 5.91 Å². The molecular weight excluding hydrogens is 300 g/mol. The molecule has 0 spiro atoms. The fraction of sp³-hybridized carbons (Fsp3) is 0.500. The molecule has 0 aromatic carbocycles. The molecule has 0 aliphatic rings. The van der Waals surface area contributed by atoms with Crippen molar-refractivity contribution in [2.45, 2.75) is 39.5 Å². The van der Waals surface area contributed by atoms with Gasteiger partial charge < -0.3 is 4.90 Å². The van der Waals surface area contributed by atoms with Gasteiger partial charge in [0.1, 0.15) is 9.88 Å². The van der Waals surface area contributed by atoms with Crippen LogP contribution in [-0.4, -0.2) is 28.9 Å². The van der Waals surface area contributed by atoms with Gasteiger partial charge in [-0.25, -0.2) is 4.98 Å². The van der Waals surface area contributed by atoms with Crippen molar-refractivity contribution in [3.05, 3.63) is 28.6 Å². The zero-order valence-electron chi connectivity index (χ0n) is 12.7. The van der Waals surface area contributed by atoms with Crippen LogP contribution in [0.4, 0.5) is 0 Å². The summed E-state index contributed by atoms with van der Waals surface area (Å²) in [6, 6.07) is 4.06. The minimum Gasteiger partial charge on any atom is -0.338 e. The molecule has 0 atom stereocenters. The zero-order chi connectivity index (χ0) is 15.1. The van der Waals surface area contributed by atoms with Gasteiger partial charge in [-0.1, -0.05) is 32.8 Å². The Kier molecular flexibility index (Phi) is 6.39. The van der Waals surface area contributed by atoms with Crippen LogP contribution < -0.4 is 0 Å². The van der Waals surface area contributed by atoms with Crippen molar-refractivity contribution < 1.29 is 4.79 Å². The van der Waals surface area contributed by atoms with Crippen LogP contribution in [0.15, 0.2) is 23.7 Å². The third-order valence-corrected chi connectivity index (χ3v) is 5.32. The van der Waals surface area contributed by atoms with Gasteiger partial charge in [0.05, 0.1) is 11.1 Å². The van der Waals surface area contributed by atoms with E-state index in [1.54, 1.807) is 17.5 Å². The maximum Gasteiger partial charge on any atom is 0.265 e. The second-order valence-electron chi connectivity index (χ2n) is 5.01. The second kappa shape index (κ2) is 8.29. The average molecular weight is 322 g/mol. The fourth-order valence-electron chi connectivity index (χ4n) is 2.06. The Balaban J connectivity index is 2.08. The average Bonchev–Trinajstić information content (AvgIpc) is 3.17. The van der Waals surface area contributed by atoms with Gasteiger partial charge in [-0.05, 0) is 24.3 Å². The van der Waals surface area contributed by atoms with Gasteiger partial charge in [0, 0.05) is 13.1 Å². The van der Waals surface area contributed by atoms with Crippen LogP contribution in [-0.2, 0) is 0 Å². The number of amides is 1. The molecule has 0 aliphatic carbocycles. The summed E-state index contributed by atoms with van der Waals surface area (Å²) in [4.78, 5) is 20.9. The number of hydrogen-bond acceptors (Lipinski definition) is 4. The molecule has 2 aromatic heterocycles. The van der Waals surface area contributed by atoms with E-state index in [1.807, 2.05) is 22.4 Å². The third kappa shape index (κ3) is 4.38. The van der Waals surface area contributed by atoms with E-state index in [9.17, 15) is 4.79 Å². The van der Waals surface area contributed by atoms with Crippen LogP contribution in [0.2, 0.25) is 0 Å². The number of rotatable bonds is 8. The summed E-state index contributed by atoms with van der Waals surface area (Å²) in [7, 11) is 0. The summed E-state index contributed by atoms with van der Waals surface area (Å²) in [6.07, 6.45) is 6.07. The lowest BCUT2D eigenvalue weighted by atomic mass is 10.2. The molecular formula is C16H22N2OS2. The summed E-state index contributed by atoms with van der Waals surface area (Å²) in [6.45, 7) is 6.01. The van der Waals surface area contributed by atoms with E-state index < -0.39 is 0 Å². The van der Waals surface area contributed by atoms with Gasteiger partial charge in [0.15, 0.2) is 0 Å². The number of hydrogen-bond donors (Lipinski definition) is 0. The second-order valence-corrected chi connectivity index (χ2v) is 6.98. The quantitative estimate of drug-likeness (QED) is 0.691. The highest BCUT2D eigenvalue weighted by molar-refractivity contribution is 7.21. The molecule has 2 rings (SSSR count). The first kappa shape index (κ1) is 16.2. The van der Waals surface area contributed by atoms with Gasteiger partial charge in [-0.3, -0.25) is 4.79 Å². The Bertz CT molecular complexity index is 540. The van der Waals surface area contributed by atoms with Crippen LogP contribution in [0.3, 0.4) is 0 Å². The molecule has 2 aromatic rings. The van der Waals surface area contributed by atoms with Gasteiger partial charge in [0.2, 0.25) is 0 Å². The van der Waals surface area contributed by atoms with E-state index in [0.717, 1.165) is 53.5 Å². The van der Waals surface area contributed by atoms with Crippen molar-refractivity contribution in [3.8, 4) is 9.88 Å². The molecule has 0 fully saturated rings. The van der Waals surface area contributed by atoms with Crippen LogP contribution >= 0.6 is 22.7 Å². The van der Waals surface area contributed by atoms with Crippen LogP contribution in [0.5, 0.6) is 0 Å². The highest BCUT2D eigenvalue weighted by Gasteiger charge is 2.18. The number of carbonyl (C=O) groups is 1. The minimum absolute atomic E-state index is 0.136. The molecule has 21 heavy (non-hydrogen) atoms. The van der Waals surface area contributed by atoms with Crippen LogP contribution in [0, 0.1) is 0 Å². The maximum atomic E-state index is 12.6. The highest BCUT2D eigenvalue weighted by Crippen LogP contribution is 2.29. The smallest absolute Gasteiger partial charge is 0.265 e. The summed E-state index contributed by atoms with van der Waals surface area (Å²) in [5.41, 5.74) is 0. The lowest BCUT2D eigenvalue weighted by Gasteiger charge is -2.21. The Morgan fingerprint density at radius 1 is 1.24 bits per heavy atom. The largest absolute Gasteiger partial charge is 0.338 e. The molecule has 0 saturated carbocycles. The number of unbranched alkanes of at least 4 members (excludes halogenated alkanes) is 2. The number of nitrogens with zero attached hydrogens (tertiary/aromatic N) is 2. The van der Waals surface area contributed by atoms with Gasteiger partial charge in [-0.15, -0.1) is 22.7 Å². The highest BCUT2D eigenvalue weighted by atomic mass is 32.1. The molecule has 0 unspecified atom stereocenters.